The summed E-state index contributed by atoms with van der Waals surface area (Å²) < 4.78 is 26.2. The van der Waals surface area contributed by atoms with Crippen molar-refractivity contribution in [2.24, 2.45) is 0 Å². The van der Waals surface area contributed by atoms with Gasteiger partial charge in [-0.15, -0.1) is 11.3 Å². The Morgan fingerprint density at radius 2 is 2.08 bits per heavy atom. The van der Waals surface area contributed by atoms with Crippen LogP contribution >= 0.6 is 11.3 Å². The number of hydrogen-bond donors (Lipinski definition) is 0. The van der Waals surface area contributed by atoms with Crippen LogP contribution < -0.4 is 0 Å². The number of fused-ring (bicyclic) bond motifs is 1. The van der Waals surface area contributed by atoms with Crippen LogP contribution in [0.3, 0.4) is 0 Å². The minimum Gasteiger partial charge on any atom is -0.365 e. The van der Waals surface area contributed by atoms with E-state index >= 15 is 0 Å². The highest BCUT2D eigenvalue weighted by molar-refractivity contribution is 7.13. The number of nitrogens with zero attached hydrogens (tertiary/aromatic N) is 4. The van der Waals surface area contributed by atoms with Gasteiger partial charge in [0.15, 0.2) is 5.69 Å². The lowest BCUT2D eigenvalue weighted by Gasteiger charge is -2.24. The van der Waals surface area contributed by atoms with Crippen LogP contribution in [-0.4, -0.2) is 19.9 Å². The number of aromatic nitrogens is 4. The average Bonchev–Trinajstić information content (AvgIpc) is 3.40. The summed E-state index contributed by atoms with van der Waals surface area (Å²) in [4.78, 5) is 5.38. The number of halogens is 1. The molecule has 1 aromatic carbocycles. The highest BCUT2D eigenvalue weighted by Crippen LogP contribution is 2.30. The fourth-order valence-corrected chi connectivity index (χ4v) is 3.59. The topological polar surface area (TPSA) is 66.0 Å². The van der Waals surface area contributed by atoms with E-state index in [-0.39, 0.29) is 11.9 Å². The van der Waals surface area contributed by atoms with Gasteiger partial charge in [0, 0.05) is 0 Å². The first-order valence-corrected chi connectivity index (χ1v) is 8.96. The summed E-state index contributed by atoms with van der Waals surface area (Å²) >= 11 is 1.55. The van der Waals surface area contributed by atoms with Gasteiger partial charge in [0.25, 0.3) is 5.89 Å². The summed E-state index contributed by atoms with van der Waals surface area (Å²) in [7, 11) is 0. The van der Waals surface area contributed by atoms with Crippen LogP contribution in [0.25, 0.3) is 22.3 Å². The quantitative estimate of drug-likeness (QED) is 0.545. The van der Waals surface area contributed by atoms with Crippen molar-refractivity contribution in [2.75, 3.05) is 0 Å². The molecule has 8 heteroatoms. The van der Waals surface area contributed by atoms with Gasteiger partial charge in [-0.2, -0.15) is 10.1 Å². The maximum absolute atomic E-state index is 13.1. The standard InChI is InChI=1S/C18H13FN4O2S/c19-12-5-3-11(4-6-12)15-9-23-13(10-24-15)8-14(21-23)18-20-17(22-25-18)16-2-1-7-26-16/h1-8,15H,9-10H2/t15-/m0/s1. The third kappa shape index (κ3) is 2.73. The number of ether oxygens (including phenoxy) is 1. The van der Waals surface area contributed by atoms with Crippen LogP contribution in [-0.2, 0) is 17.9 Å². The van der Waals surface area contributed by atoms with Gasteiger partial charge in [0.1, 0.15) is 11.9 Å². The lowest BCUT2D eigenvalue weighted by molar-refractivity contribution is -0.00116. The molecule has 0 bridgehead atoms. The summed E-state index contributed by atoms with van der Waals surface area (Å²) in [6.07, 6.45) is -0.166. The molecular formula is C18H13FN4O2S. The molecule has 0 radical (unpaired) electrons. The largest absolute Gasteiger partial charge is 0.365 e. The zero-order chi connectivity index (χ0) is 17.5. The minimum absolute atomic E-state index is 0.166. The SMILES string of the molecule is Fc1ccc([C@@H]2Cn3nc(-c4nc(-c5cccs5)no4)cc3CO2)cc1. The van der Waals surface area contributed by atoms with E-state index < -0.39 is 0 Å². The van der Waals surface area contributed by atoms with Crippen LogP contribution in [0.15, 0.2) is 52.4 Å². The van der Waals surface area contributed by atoms with Gasteiger partial charge in [0.2, 0.25) is 5.82 Å². The van der Waals surface area contributed by atoms with Crippen LogP contribution in [0, 0.1) is 5.82 Å². The highest BCUT2D eigenvalue weighted by atomic mass is 32.1. The van der Waals surface area contributed by atoms with E-state index in [1.54, 1.807) is 23.5 Å². The maximum Gasteiger partial charge on any atom is 0.278 e. The van der Waals surface area contributed by atoms with E-state index in [4.69, 9.17) is 9.26 Å². The average molecular weight is 368 g/mol. The van der Waals surface area contributed by atoms with E-state index in [2.05, 4.69) is 15.2 Å². The number of hydrogen-bond acceptors (Lipinski definition) is 6. The molecule has 0 saturated heterocycles. The molecule has 0 N–H and O–H groups in total. The molecule has 0 aliphatic carbocycles. The van der Waals surface area contributed by atoms with Crippen LogP contribution in [0.4, 0.5) is 4.39 Å². The Bertz CT molecular complexity index is 1040. The van der Waals surface area contributed by atoms with Gasteiger partial charge >= 0.3 is 0 Å². The molecule has 1 aliphatic heterocycles. The Morgan fingerprint density at radius 1 is 1.19 bits per heavy atom. The molecule has 6 nitrogen and oxygen atoms in total. The first-order chi connectivity index (χ1) is 12.8. The third-order valence-corrected chi connectivity index (χ3v) is 5.13. The Kier molecular flexibility index (Phi) is 3.65. The monoisotopic (exact) mass is 368 g/mol. The van der Waals surface area contributed by atoms with Crippen molar-refractivity contribution in [3.05, 3.63) is 64.9 Å². The summed E-state index contributed by atoms with van der Waals surface area (Å²) in [5.41, 5.74) is 2.49. The molecule has 3 aromatic heterocycles. The number of rotatable bonds is 3. The second kappa shape index (κ2) is 6.15. The van der Waals surface area contributed by atoms with Gasteiger partial charge in [0.05, 0.1) is 23.7 Å². The van der Waals surface area contributed by atoms with Crippen molar-refractivity contribution < 1.29 is 13.7 Å². The van der Waals surface area contributed by atoms with Crippen molar-refractivity contribution in [2.45, 2.75) is 19.3 Å². The Morgan fingerprint density at radius 3 is 2.88 bits per heavy atom. The van der Waals surface area contributed by atoms with Gasteiger partial charge < -0.3 is 9.26 Å². The zero-order valence-corrected chi connectivity index (χ0v) is 14.3. The van der Waals surface area contributed by atoms with E-state index in [1.165, 1.54) is 12.1 Å². The first kappa shape index (κ1) is 15.4. The van der Waals surface area contributed by atoms with Crippen molar-refractivity contribution in [1.82, 2.24) is 19.9 Å². The van der Waals surface area contributed by atoms with Crippen LogP contribution in [0.5, 0.6) is 0 Å². The van der Waals surface area contributed by atoms with Crippen LogP contribution in [0.2, 0.25) is 0 Å². The smallest absolute Gasteiger partial charge is 0.278 e. The molecule has 0 amide bonds. The Balaban J connectivity index is 1.40. The first-order valence-electron chi connectivity index (χ1n) is 8.08. The normalized spacial score (nSPS) is 16.6. The zero-order valence-electron chi connectivity index (χ0n) is 13.5. The third-order valence-electron chi connectivity index (χ3n) is 4.26. The summed E-state index contributed by atoms with van der Waals surface area (Å²) in [5, 5.41) is 10.6. The van der Waals surface area contributed by atoms with Crippen molar-refractivity contribution in [3.8, 4) is 22.3 Å². The molecule has 130 valence electrons. The van der Waals surface area contributed by atoms with E-state index in [0.29, 0.717) is 30.6 Å². The molecule has 5 rings (SSSR count). The second-order valence-electron chi connectivity index (χ2n) is 5.95. The fourth-order valence-electron chi connectivity index (χ4n) is 2.94. The molecule has 0 unspecified atom stereocenters. The predicted octanol–water partition coefficient (Wildman–Crippen LogP) is 4.07. The van der Waals surface area contributed by atoms with Crippen molar-refractivity contribution in [1.29, 1.82) is 0 Å². The van der Waals surface area contributed by atoms with Gasteiger partial charge in [-0.1, -0.05) is 23.4 Å². The molecule has 1 atom stereocenters. The molecule has 0 fully saturated rings. The Hall–Kier alpha value is -2.84. The maximum atomic E-state index is 13.1. The molecule has 1 aliphatic rings. The Labute approximate surface area is 151 Å². The molecule has 26 heavy (non-hydrogen) atoms. The molecular weight excluding hydrogens is 355 g/mol. The van der Waals surface area contributed by atoms with Gasteiger partial charge in [-0.25, -0.2) is 4.39 Å². The number of thiophene rings is 1. The van der Waals surface area contributed by atoms with E-state index in [9.17, 15) is 4.39 Å². The van der Waals surface area contributed by atoms with E-state index in [0.717, 1.165) is 16.1 Å². The van der Waals surface area contributed by atoms with Crippen LogP contribution in [0.1, 0.15) is 17.4 Å². The minimum atomic E-state index is -0.260. The summed E-state index contributed by atoms with van der Waals surface area (Å²) in [5.74, 6) is 0.680. The summed E-state index contributed by atoms with van der Waals surface area (Å²) in [6.45, 7) is 0.966. The molecule has 0 spiro atoms. The lowest BCUT2D eigenvalue weighted by Crippen LogP contribution is -2.21. The van der Waals surface area contributed by atoms with E-state index in [1.807, 2.05) is 28.3 Å². The number of benzene rings is 1. The molecule has 4 heterocycles. The van der Waals surface area contributed by atoms with Gasteiger partial charge in [-0.05, 0) is 35.2 Å². The van der Waals surface area contributed by atoms with Crippen molar-refractivity contribution in [3.63, 3.8) is 0 Å². The highest BCUT2D eigenvalue weighted by Gasteiger charge is 2.24. The fraction of sp³-hybridized carbons (Fsp3) is 0.167. The summed E-state index contributed by atoms with van der Waals surface area (Å²) in [6, 6.07) is 12.1. The van der Waals surface area contributed by atoms with Gasteiger partial charge in [-0.3, -0.25) is 4.68 Å². The lowest BCUT2D eigenvalue weighted by atomic mass is 10.1. The molecule has 4 aromatic rings. The van der Waals surface area contributed by atoms with Crippen molar-refractivity contribution >= 4 is 11.3 Å². The second-order valence-corrected chi connectivity index (χ2v) is 6.90. The predicted molar refractivity (Wildman–Crippen MR) is 92.8 cm³/mol. The molecule has 0 saturated carbocycles.